The molecule has 3 aromatic rings. The summed E-state index contributed by atoms with van der Waals surface area (Å²) in [5.41, 5.74) is 4.71. The van der Waals surface area contributed by atoms with Crippen LogP contribution in [-0.4, -0.2) is 53.0 Å². The fourth-order valence-electron chi connectivity index (χ4n) is 3.46. The number of hydrogen-bond donors (Lipinski definition) is 2. The van der Waals surface area contributed by atoms with Crippen LogP contribution in [0.25, 0.3) is 22.2 Å². The standard InChI is InChI=1S/C19H21ClN4O/c1-23-7-9-24(10-8-23)12-14-3-2-4-15(20)18(14)13-5-6-16-17(11-13)22-19(25)21-16/h2-6,11H,7-10,12H2,1H3,(H2,21,22,25). The second-order valence-electron chi connectivity index (χ2n) is 6.69. The number of likely N-dealkylation sites (N-methyl/N-ethyl adjacent to an activating group) is 1. The molecule has 1 aliphatic rings. The fourth-order valence-corrected chi connectivity index (χ4v) is 3.76. The van der Waals surface area contributed by atoms with Crippen LogP contribution in [0, 0.1) is 0 Å². The van der Waals surface area contributed by atoms with Gasteiger partial charge in [0.25, 0.3) is 0 Å². The van der Waals surface area contributed by atoms with Crippen molar-refractivity contribution in [1.29, 1.82) is 0 Å². The summed E-state index contributed by atoms with van der Waals surface area (Å²) in [5, 5.41) is 0.740. The molecule has 0 unspecified atom stereocenters. The topological polar surface area (TPSA) is 55.1 Å². The third-order valence-electron chi connectivity index (χ3n) is 4.89. The van der Waals surface area contributed by atoms with Crippen molar-refractivity contribution in [2.24, 2.45) is 0 Å². The molecule has 1 fully saturated rings. The van der Waals surface area contributed by atoms with Crippen molar-refractivity contribution >= 4 is 22.6 Å². The molecule has 4 rings (SSSR count). The highest BCUT2D eigenvalue weighted by Gasteiger charge is 2.17. The largest absolute Gasteiger partial charge is 0.323 e. The van der Waals surface area contributed by atoms with Gasteiger partial charge in [0.05, 0.1) is 11.0 Å². The Morgan fingerprint density at radius 3 is 2.60 bits per heavy atom. The number of halogens is 1. The monoisotopic (exact) mass is 356 g/mol. The predicted molar refractivity (Wildman–Crippen MR) is 102 cm³/mol. The molecule has 0 bridgehead atoms. The number of fused-ring (bicyclic) bond motifs is 1. The van der Waals surface area contributed by atoms with Crippen molar-refractivity contribution in [2.45, 2.75) is 6.54 Å². The number of benzene rings is 2. The van der Waals surface area contributed by atoms with Gasteiger partial charge in [-0.25, -0.2) is 4.79 Å². The van der Waals surface area contributed by atoms with Crippen LogP contribution < -0.4 is 5.69 Å². The van der Waals surface area contributed by atoms with E-state index in [2.05, 4.69) is 32.9 Å². The van der Waals surface area contributed by atoms with E-state index in [1.54, 1.807) is 0 Å². The van der Waals surface area contributed by atoms with Gasteiger partial charge in [-0.3, -0.25) is 4.90 Å². The van der Waals surface area contributed by atoms with E-state index in [1.165, 1.54) is 5.56 Å². The van der Waals surface area contributed by atoms with Crippen LogP contribution in [0.2, 0.25) is 5.02 Å². The average molecular weight is 357 g/mol. The summed E-state index contributed by atoms with van der Waals surface area (Å²) >= 11 is 6.55. The second kappa shape index (κ2) is 6.67. The summed E-state index contributed by atoms with van der Waals surface area (Å²) < 4.78 is 0. The van der Waals surface area contributed by atoms with Gasteiger partial charge in [-0.2, -0.15) is 0 Å². The Hall–Kier alpha value is -2.08. The zero-order chi connectivity index (χ0) is 17.4. The van der Waals surface area contributed by atoms with E-state index < -0.39 is 0 Å². The van der Waals surface area contributed by atoms with E-state index >= 15 is 0 Å². The van der Waals surface area contributed by atoms with Crippen molar-refractivity contribution in [3.63, 3.8) is 0 Å². The van der Waals surface area contributed by atoms with Gasteiger partial charge in [0.15, 0.2) is 0 Å². The van der Waals surface area contributed by atoms with Crippen LogP contribution in [-0.2, 0) is 6.54 Å². The Morgan fingerprint density at radius 1 is 1.04 bits per heavy atom. The lowest BCUT2D eigenvalue weighted by Crippen LogP contribution is -2.43. The number of H-pyrrole nitrogens is 2. The fraction of sp³-hybridized carbons (Fsp3) is 0.316. The SMILES string of the molecule is CN1CCN(Cc2cccc(Cl)c2-c2ccc3[nH]c(=O)[nH]c3c2)CC1. The van der Waals surface area contributed by atoms with E-state index in [1.807, 2.05) is 30.3 Å². The molecule has 0 amide bonds. The van der Waals surface area contributed by atoms with Gasteiger partial charge in [-0.05, 0) is 36.4 Å². The number of nitrogens with zero attached hydrogens (tertiary/aromatic N) is 2. The first-order chi connectivity index (χ1) is 12.1. The van der Waals surface area contributed by atoms with Crippen molar-refractivity contribution in [3.05, 3.63) is 57.5 Å². The van der Waals surface area contributed by atoms with Gasteiger partial charge >= 0.3 is 5.69 Å². The third kappa shape index (κ3) is 3.35. The molecule has 0 spiro atoms. The first-order valence-electron chi connectivity index (χ1n) is 8.51. The molecule has 25 heavy (non-hydrogen) atoms. The van der Waals surface area contributed by atoms with E-state index in [-0.39, 0.29) is 5.69 Å². The van der Waals surface area contributed by atoms with Crippen LogP contribution >= 0.6 is 11.6 Å². The molecular formula is C19H21ClN4O. The Bertz CT molecular complexity index is 953. The van der Waals surface area contributed by atoms with Crippen molar-refractivity contribution in [3.8, 4) is 11.1 Å². The van der Waals surface area contributed by atoms with Gasteiger partial charge < -0.3 is 14.9 Å². The lowest BCUT2D eigenvalue weighted by molar-refractivity contribution is 0.148. The summed E-state index contributed by atoms with van der Waals surface area (Å²) in [4.78, 5) is 21.9. The number of aromatic amines is 2. The highest BCUT2D eigenvalue weighted by Crippen LogP contribution is 2.33. The number of hydrogen-bond acceptors (Lipinski definition) is 3. The van der Waals surface area contributed by atoms with Gasteiger partial charge in [0.2, 0.25) is 0 Å². The molecule has 2 N–H and O–H groups in total. The van der Waals surface area contributed by atoms with Gasteiger partial charge in [0.1, 0.15) is 0 Å². The molecule has 1 aliphatic heterocycles. The molecule has 2 heterocycles. The summed E-state index contributed by atoms with van der Waals surface area (Å²) in [6.07, 6.45) is 0. The van der Waals surface area contributed by atoms with Crippen molar-refractivity contribution in [1.82, 2.24) is 19.8 Å². The van der Waals surface area contributed by atoms with Crippen LogP contribution in [0.5, 0.6) is 0 Å². The smallest absolute Gasteiger partial charge is 0.306 e. The summed E-state index contributed by atoms with van der Waals surface area (Å²) in [7, 11) is 2.16. The molecule has 1 aromatic heterocycles. The van der Waals surface area contributed by atoms with Crippen molar-refractivity contribution in [2.75, 3.05) is 33.2 Å². The minimum Gasteiger partial charge on any atom is -0.306 e. The Kier molecular flexibility index (Phi) is 4.37. The molecule has 2 aromatic carbocycles. The lowest BCUT2D eigenvalue weighted by Gasteiger charge is -2.32. The Labute approximate surface area is 151 Å². The molecule has 0 radical (unpaired) electrons. The van der Waals surface area contributed by atoms with Crippen molar-refractivity contribution < 1.29 is 0 Å². The van der Waals surface area contributed by atoms with E-state index in [4.69, 9.17) is 11.6 Å². The summed E-state index contributed by atoms with van der Waals surface area (Å²) in [5.74, 6) is 0. The average Bonchev–Trinajstić information content (AvgIpc) is 2.96. The minimum absolute atomic E-state index is 0.191. The zero-order valence-corrected chi connectivity index (χ0v) is 14.9. The number of nitrogens with one attached hydrogen (secondary N) is 2. The Morgan fingerprint density at radius 2 is 1.80 bits per heavy atom. The maximum absolute atomic E-state index is 11.5. The van der Waals surface area contributed by atoms with Crippen LogP contribution in [0.3, 0.4) is 0 Å². The number of aromatic nitrogens is 2. The summed E-state index contributed by atoms with van der Waals surface area (Å²) in [6, 6.07) is 12.0. The molecule has 130 valence electrons. The molecule has 0 aliphatic carbocycles. The molecule has 0 atom stereocenters. The predicted octanol–water partition coefficient (Wildman–Crippen LogP) is 2.92. The first kappa shape index (κ1) is 16.4. The zero-order valence-electron chi connectivity index (χ0n) is 14.2. The van der Waals surface area contributed by atoms with E-state index in [0.29, 0.717) is 0 Å². The second-order valence-corrected chi connectivity index (χ2v) is 7.10. The van der Waals surface area contributed by atoms with Crippen LogP contribution in [0.1, 0.15) is 5.56 Å². The van der Waals surface area contributed by atoms with Crippen LogP contribution in [0.4, 0.5) is 0 Å². The maximum atomic E-state index is 11.5. The molecule has 1 saturated heterocycles. The highest BCUT2D eigenvalue weighted by molar-refractivity contribution is 6.33. The van der Waals surface area contributed by atoms with Crippen LogP contribution in [0.15, 0.2) is 41.2 Å². The normalized spacial score (nSPS) is 16.6. The van der Waals surface area contributed by atoms with Gasteiger partial charge in [-0.1, -0.05) is 29.8 Å². The number of rotatable bonds is 3. The highest BCUT2D eigenvalue weighted by atomic mass is 35.5. The molecule has 6 heteroatoms. The Balaban J connectivity index is 1.71. The lowest BCUT2D eigenvalue weighted by atomic mass is 9.98. The van der Waals surface area contributed by atoms with E-state index in [9.17, 15) is 4.79 Å². The van der Waals surface area contributed by atoms with E-state index in [0.717, 1.165) is 59.9 Å². The molecule has 0 saturated carbocycles. The quantitative estimate of drug-likeness (QED) is 0.758. The van der Waals surface area contributed by atoms with Gasteiger partial charge in [-0.15, -0.1) is 0 Å². The molecule has 5 nitrogen and oxygen atoms in total. The molecular weight excluding hydrogens is 336 g/mol. The van der Waals surface area contributed by atoms with Gasteiger partial charge in [0, 0.05) is 43.3 Å². The minimum atomic E-state index is -0.191. The number of piperazine rings is 1. The number of imidazole rings is 1. The summed E-state index contributed by atoms with van der Waals surface area (Å²) in [6.45, 7) is 5.18. The third-order valence-corrected chi connectivity index (χ3v) is 5.21. The first-order valence-corrected chi connectivity index (χ1v) is 8.89. The maximum Gasteiger partial charge on any atom is 0.323 e.